The first-order valence-corrected chi connectivity index (χ1v) is 11.0. The van der Waals surface area contributed by atoms with Gasteiger partial charge in [-0.15, -0.1) is 22.7 Å². The number of amides is 1. The van der Waals surface area contributed by atoms with Gasteiger partial charge in [-0.3, -0.25) is 10.1 Å². The topological polar surface area (TPSA) is 96.4 Å². The van der Waals surface area contributed by atoms with E-state index in [9.17, 15) is 18.4 Å². The van der Waals surface area contributed by atoms with Gasteiger partial charge in [0.25, 0.3) is 0 Å². The maximum atomic E-state index is 13.2. The lowest BCUT2D eigenvalue weighted by atomic mass is 10.2. The fraction of sp³-hybridized carbons (Fsp3) is 0.176. The second kappa shape index (κ2) is 5.94. The molecule has 1 atom stereocenters. The molecule has 1 aromatic carbocycles. The van der Waals surface area contributed by atoms with Crippen LogP contribution in [0, 0.1) is 13.8 Å². The minimum Gasteiger partial charge on any atom is -0.293 e. The molecule has 10 heteroatoms. The molecule has 0 fully saturated rings. The fourth-order valence-electron chi connectivity index (χ4n) is 2.94. The molecule has 3 aromatic rings. The Balaban J connectivity index is 1.89. The number of fused-ring (bicyclic) bond motifs is 3. The number of benzene rings is 1. The van der Waals surface area contributed by atoms with Crippen LogP contribution in [0.1, 0.15) is 15.3 Å². The van der Waals surface area contributed by atoms with Gasteiger partial charge in [-0.2, -0.15) is 13.6 Å². The average molecular weight is 423 g/mol. The Morgan fingerprint density at radius 3 is 2.67 bits per heavy atom. The number of thiazole rings is 1. The van der Waals surface area contributed by atoms with Crippen LogP contribution in [-0.2, 0) is 14.8 Å². The minimum atomic E-state index is -4.24. The summed E-state index contributed by atoms with van der Waals surface area (Å²) in [5.74, 6) is -0.711. The number of aryl methyl sites for hydroxylation is 2. The molecule has 0 radical (unpaired) electrons. The van der Waals surface area contributed by atoms with E-state index in [-0.39, 0.29) is 10.6 Å². The molecule has 140 valence electrons. The second-order valence-corrected chi connectivity index (χ2v) is 10.8. The molecule has 7 nitrogen and oxygen atoms in total. The number of aromatic nitrogens is 1. The zero-order chi connectivity index (χ0) is 19.6. The van der Waals surface area contributed by atoms with Gasteiger partial charge in [0, 0.05) is 27.2 Å². The number of sulfonamides is 1. The van der Waals surface area contributed by atoms with E-state index in [4.69, 9.17) is 0 Å². The predicted octanol–water partition coefficient (Wildman–Crippen LogP) is 3.49. The first-order valence-electron chi connectivity index (χ1n) is 7.95. The summed E-state index contributed by atoms with van der Waals surface area (Å²) in [4.78, 5) is 18.1. The monoisotopic (exact) mass is 422 g/mol. The van der Waals surface area contributed by atoms with E-state index in [0.29, 0.717) is 15.4 Å². The maximum Gasteiger partial charge on any atom is 0.364 e. The van der Waals surface area contributed by atoms with Crippen LogP contribution in [0.5, 0.6) is 0 Å². The number of quaternary nitrogens is 1. The van der Waals surface area contributed by atoms with E-state index in [1.165, 1.54) is 28.7 Å². The number of hydroxylamine groups is 2. The number of carbonyl (C=O) groups is 1. The molecule has 27 heavy (non-hydrogen) atoms. The summed E-state index contributed by atoms with van der Waals surface area (Å²) >= 11 is 2.54. The molecule has 0 bridgehead atoms. The minimum absolute atomic E-state index is 0.0501. The van der Waals surface area contributed by atoms with E-state index in [2.05, 4.69) is 10.3 Å². The van der Waals surface area contributed by atoms with Crippen LogP contribution in [0.2, 0.25) is 0 Å². The summed E-state index contributed by atoms with van der Waals surface area (Å²) in [6, 6.07) is 5.44. The molecule has 0 saturated carbocycles. The maximum absolute atomic E-state index is 13.2. The Morgan fingerprint density at radius 1 is 1.26 bits per heavy atom. The Labute approximate surface area is 163 Å². The Hall–Kier alpha value is -2.11. The third kappa shape index (κ3) is 2.72. The van der Waals surface area contributed by atoms with Gasteiger partial charge < -0.3 is 0 Å². The normalized spacial score (nSPS) is 21.0. The van der Waals surface area contributed by atoms with Crippen molar-refractivity contribution in [2.75, 3.05) is 12.4 Å². The molecule has 0 saturated heterocycles. The van der Waals surface area contributed by atoms with E-state index < -0.39 is 20.0 Å². The SMILES string of the molecule is Cc1ccc2c3c(sc2c1)C=C(C(=O)Nc1ncc(C)s1)[N+](C)(O)S3(=O)=O. The first-order chi connectivity index (χ1) is 12.6. The predicted molar refractivity (Wildman–Crippen MR) is 105 cm³/mol. The molecular formula is C17H16N3O4S3+. The molecule has 1 aliphatic heterocycles. The molecule has 0 spiro atoms. The average Bonchev–Trinajstić information content (AvgIpc) is 3.13. The number of anilines is 1. The lowest BCUT2D eigenvalue weighted by Gasteiger charge is -2.28. The van der Waals surface area contributed by atoms with Crippen molar-refractivity contribution in [3.8, 4) is 0 Å². The number of carbonyl (C=O) groups excluding carboxylic acids is 1. The van der Waals surface area contributed by atoms with Gasteiger partial charge in [-0.05, 0) is 29.5 Å². The second-order valence-electron chi connectivity index (χ2n) is 6.41. The summed E-state index contributed by atoms with van der Waals surface area (Å²) in [5, 5.41) is 14.3. The van der Waals surface area contributed by atoms with Crippen molar-refractivity contribution in [1.29, 1.82) is 0 Å². The van der Waals surface area contributed by atoms with Gasteiger partial charge in [0.2, 0.25) is 5.70 Å². The van der Waals surface area contributed by atoms with E-state index in [0.717, 1.165) is 22.2 Å². The van der Waals surface area contributed by atoms with Gasteiger partial charge in [-0.1, -0.05) is 12.1 Å². The van der Waals surface area contributed by atoms with E-state index in [1.807, 2.05) is 26.0 Å². The van der Waals surface area contributed by atoms with Gasteiger partial charge in [0.1, 0.15) is 7.05 Å². The van der Waals surface area contributed by atoms with Crippen LogP contribution in [0.15, 0.2) is 35.0 Å². The summed E-state index contributed by atoms with van der Waals surface area (Å²) in [7, 11) is -3.16. The number of rotatable bonds is 2. The molecule has 2 N–H and O–H groups in total. The standard InChI is InChI=1S/C17H15N3O4S3/c1-9-4-5-11-13(6-9)26-14-7-12(20(3,22)27(23,24)15(11)14)16(21)19-17-18-8-10(2)25-17/h4-8,22H,1-3H3/p+1. The van der Waals surface area contributed by atoms with Crippen molar-refractivity contribution in [3.05, 3.63) is 45.4 Å². The van der Waals surface area contributed by atoms with Crippen LogP contribution < -0.4 is 5.32 Å². The Bertz CT molecular complexity index is 1240. The quantitative estimate of drug-likeness (QED) is 0.616. The van der Waals surface area contributed by atoms with Crippen LogP contribution in [0.4, 0.5) is 5.13 Å². The highest BCUT2D eigenvalue weighted by Gasteiger charge is 2.52. The van der Waals surface area contributed by atoms with Crippen molar-refractivity contribution in [3.63, 3.8) is 0 Å². The number of nitrogens with one attached hydrogen (secondary N) is 1. The van der Waals surface area contributed by atoms with Crippen LogP contribution in [0.3, 0.4) is 0 Å². The fourth-order valence-corrected chi connectivity index (χ4v) is 6.76. The highest BCUT2D eigenvalue weighted by molar-refractivity contribution is 7.86. The number of hydrogen-bond acceptors (Lipinski definition) is 7. The third-order valence-electron chi connectivity index (χ3n) is 4.34. The summed E-state index contributed by atoms with van der Waals surface area (Å²) in [6.07, 6.45) is 3.04. The molecule has 1 aliphatic rings. The molecule has 4 rings (SSSR count). The van der Waals surface area contributed by atoms with Gasteiger partial charge in [0.15, 0.2) is 10.0 Å². The van der Waals surface area contributed by atoms with Crippen molar-refractivity contribution in [2.24, 2.45) is 0 Å². The van der Waals surface area contributed by atoms with Crippen molar-refractivity contribution >= 4 is 59.9 Å². The Morgan fingerprint density at radius 2 is 2.00 bits per heavy atom. The largest absolute Gasteiger partial charge is 0.364 e. The number of likely N-dealkylation sites (N-methyl/N-ethyl adjacent to an activating group) is 1. The zero-order valence-corrected chi connectivity index (χ0v) is 17.1. The summed E-state index contributed by atoms with van der Waals surface area (Å²) in [6.45, 7) is 3.76. The van der Waals surface area contributed by atoms with Gasteiger partial charge >= 0.3 is 15.9 Å². The summed E-state index contributed by atoms with van der Waals surface area (Å²) < 4.78 is 25.5. The highest BCUT2D eigenvalue weighted by atomic mass is 32.2. The van der Waals surface area contributed by atoms with Crippen LogP contribution in [-0.4, -0.2) is 35.6 Å². The number of thiophene rings is 1. The van der Waals surface area contributed by atoms with Crippen LogP contribution >= 0.6 is 22.7 Å². The highest BCUT2D eigenvalue weighted by Crippen LogP contribution is 2.44. The lowest BCUT2D eigenvalue weighted by Crippen LogP contribution is -2.50. The van der Waals surface area contributed by atoms with Crippen molar-refractivity contribution in [2.45, 2.75) is 18.7 Å². The van der Waals surface area contributed by atoms with Crippen LogP contribution in [0.25, 0.3) is 16.2 Å². The first kappa shape index (κ1) is 18.3. The molecule has 0 aliphatic carbocycles. The number of hydrogen-bond donors (Lipinski definition) is 2. The molecule has 1 unspecified atom stereocenters. The molecule has 3 heterocycles. The smallest absolute Gasteiger partial charge is 0.293 e. The molecule has 2 aromatic heterocycles. The third-order valence-corrected chi connectivity index (χ3v) is 8.49. The van der Waals surface area contributed by atoms with Crippen molar-refractivity contribution < 1.29 is 22.5 Å². The zero-order valence-electron chi connectivity index (χ0n) is 14.7. The summed E-state index contributed by atoms with van der Waals surface area (Å²) in [5.41, 5.74) is 0.722. The van der Waals surface area contributed by atoms with E-state index >= 15 is 0 Å². The molecule has 1 amide bonds. The van der Waals surface area contributed by atoms with E-state index in [1.54, 1.807) is 12.3 Å². The number of nitrogens with zero attached hydrogens (tertiary/aromatic N) is 2. The van der Waals surface area contributed by atoms with Crippen molar-refractivity contribution in [1.82, 2.24) is 4.98 Å². The lowest BCUT2D eigenvalue weighted by molar-refractivity contribution is -0.948. The van der Waals surface area contributed by atoms with Gasteiger partial charge in [0.05, 0.1) is 4.88 Å². The van der Waals surface area contributed by atoms with Gasteiger partial charge in [-0.25, -0.2) is 4.98 Å². The Kier molecular flexibility index (Phi) is 4.02. The molecular weight excluding hydrogens is 406 g/mol.